The topological polar surface area (TPSA) is 53.4 Å². The van der Waals surface area contributed by atoms with Crippen molar-refractivity contribution in [2.24, 2.45) is 5.92 Å². The van der Waals surface area contributed by atoms with Gasteiger partial charge < -0.3 is 5.11 Å². The van der Waals surface area contributed by atoms with Crippen LogP contribution in [0.4, 0.5) is 0 Å². The van der Waals surface area contributed by atoms with Crippen LogP contribution < -0.4 is 0 Å². The predicted molar refractivity (Wildman–Crippen MR) is 81.1 cm³/mol. The summed E-state index contributed by atoms with van der Waals surface area (Å²) in [7, 11) is 0. The highest BCUT2D eigenvalue weighted by Gasteiger charge is 2.24. The van der Waals surface area contributed by atoms with Crippen molar-refractivity contribution in [2.75, 3.05) is 13.1 Å². The maximum atomic E-state index is 10.6. The first-order valence-corrected chi connectivity index (χ1v) is 8.11. The largest absolute Gasteiger partial charge is 0.481 e. The smallest absolute Gasteiger partial charge is 0.303 e. The summed E-state index contributed by atoms with van der Waals surface area (Å²) in [5, 5.41) is 12.1. The highest BCUT2D eigenvalue weighted by Crippen LogP contribution is 2.27. The first-order chi connectivity index (χ1) is 9.34. The third kappa shape index (κ3) is 4.28. The van der Waals surface area contributed by atoms with Gasteiger partial charge >= 0.3 is 5.97 Å². The molecule has 112 valence electrons. The van der Waals surface area contributed by atoms with Crippen LogP contribution in [0.5, 0.6) is 0 Å². The molecule has 1 fully saturated rings. The molecule has 0 amide bonds. The molecule has 0 saturated carbocycles. The molecule has 0 bridgehead atoms. The number of rotatable bonds is 5. The summed E-state index contributed by atoms with van der Waals surface area (Å²) >= 11 is 1.74. The molecule has 1 aliphatic heterocycles. The Labute approximate surface area is 124 Å². The van der Waals surface area contributed by atoms with Crippen molar-refractivity contribution in [1.82, 2.24) is 9.88 Å². The lowest BCUT2D eigenvalue weighted by Crippen LogP contribution is -2.21. The average molecular weight is 296 g/mol. The fourth-order valence-corrected chi connectivity index (χ4v) is 3.47. The second kappa shape index (κ2) is 6.22. The van der Waals surface area contributed by atoms with Gasteiger partial charge in [0.25, 0.3) is 0 Å². The van der Waals surface area contributed by atoms with Crippen LogP contribution in [-0.4, -0.2) is 34.0 Å². The SMILES string of the molecule is CC(C)(C)c1nc(CN2CCC(CCC(=O)O)C2)cs1. The number of hydrogen-bond acceptors (Lipinski definition) is 4. The van der Waals surface area contributed by atoms with E-state index in [1.807, 2.05) is 0 Å². The van der Waals surface area contributed by atoms with Gasteiger partial charge in [-0.25, -0.2) is 4.98 Å². The van der Waals surface area contributed by atoms with E-state index in [0.717, 1.165) is 38.2 Å². The molecule has 2 rings (SSSR count). The number of carboxylic acids is 1. The Morgan fingerprint density at radius 3 is 2.90 bits per heavy atom. The summed E-state index contributed by atoms with van der Waals surface area (Å²) in [5.41, 5.74) is 1.27. The molecular formula is C15H24N2O2S. The van der Waals surface area contributed by atoms with Gasteiger partial charge in [-0.2, -0.15) is 0 Å². The van der Waals surface area contributed by atoms with E-state index in [4.69, 9.17) is 10.1 Å². The van der Waals surface area contributed by atoms with E-state index in [-0.39, 0.29) is 5.41 Å². The van der Waals surface area contributed by atoms with Crippen LogP contribution in [0.1, 0.15) is 50.7 Å². The van der Waals surface area contributed by atoms with Crippen molar-refractivity contribution in [3.63, 3.8) is 0 Å². The Kier molecular flexibility index (Phi) is 4.81. The lowest BCUT2D eigenvalue weighted by molar-refractivity contribution is -0.137. The summed E-state index contributed by atoms with van der Waals surface area (Å²) < 4.78 is 0. The molecule has 1 aromatic rings. The minimum absolute atomic E-state index is 0.123. The Bertz CT molecular complexity index is 465. The minimum Gasteiger partial charge on any atom is -0.481 e. The van der Waals surface area contributed by atoms with Gasteiger partial charge in [-0.15, -0.1) is 11.3 Å². The van der Waals surface area contributed by atoms with Crippen LogP contribution in [0.2, 0.25) is 0 Å². The van der Waals surface area contributed by atoms with Gasteiger partial charge in [0.2, 0.25) is 0 Å². The van der Waals surface area contributed by atoms with Crippen molar-refractivity contribution in [3.8, 4) is 0 Å². The van der Waals surface area contributed by atoms with Gasteiger partial charge in [-0.1, -0.05) is 20.8 Å². The van der Waals surface area contributed by atoms with Crippen LogP contribution in [0.15, 0.2) is 5.38 Å². The van der Waals surface area contributed by atoms with Gasteiger partial charge in [0.1, 0.15) is 0 Å². The lowest BCUT2D eigenvalue weighted by atomic mass is 9.98. The van der Waals surface area contributed by atoms with E-state index < -0.39 is 5.97 Å². The summed E-state index contributed by atoms with van der Waals surface area (Å²) in [6.07, 6.45) is 2.21. The Morgan fingerprint density at radius 2 is 2.30 bits per heavy atom. The molecule has 0 radical (unpaired) electrons. The van der Waals surface area contributed by atoms with Crippen molar-refractivity contribution >= 4 is 17.3 Å². The first-order valence-electron chi connectivity index (χ1n) is 7.23. The van der Waals surface area contributed by atoms with E-state index in [9.17, 15) is 4.79 Å². The summed E-state index contributed by atoms with van der Waals surface area (Å²) in [6, 6.07) is 0. The third-order valence-corrected chi connectivity index (χ3v) is 5.03. The van der Waals surface area contributed by atoms with E-state index in [1.54, 1.807) is 11.3 Å². The predicted octanol–water partition coefficient (Wildman–Crippen LogP) is 3.13. The number of nitrogens with zero attached hydrogens (tertiary/aromatic N) is 2. The zero-order chi connectivity index (χ0) is 14.8. The van der Waals surface area contributed by atoms with Crippen molar-refractivity contribution in [1.29, 1.82) is 0 Å². The monoisotopic (exact) mass is 296 g/mol. The number of carboxylic acid groups (broad SMARTS) is 1. The summed E-state index contributed by atoms with van der Waals surface area (Å²) in [6.45, 7) is 9.53. The number of aromatic nitrogens is 1. The highest BCUT2D eigenvalue weighted by atomic mass is 32.1. The zero-order valence-corrected chi connectivity index (χ0v) is 13.4. The Balaban J connectivity index is 1.83. The number of carbonyl (C=O) groups is 1. The Morgan fingerprint density at radius 1 is 1.55 bits per heavy atom. The molecule has 1 unspecified atom stereocenters. The van der Waals surface area contributed by atoms with Gasteiger partial charge in [0, 0.05) is 30.3 Å². The van der Waals surface area contributed by atoms with Gasteiger partial charge in [0.15, 0.2) is 0 Å². The van der Waals surface area contributed by atoms with Crippen molar-refractivity contribution < 1.29 is 9.90 Å². The van der Waals surface area contributed by atoms with Gasteiger partial charge in [0.05, 0.1) is 10.7 Å². The van der Waals surface area contributed by atoms with Crippen LogP contribution in [0, 0.1) is 5.92 Å². The molecule has 1 aromatic heterocycles. The van der Waals surface area contributed by atoms with E-state index in [1.165, 1.54) is 5.01 Å². The molecule has 1 atom stereocenters. The molecule has 0 spiro atoms. The van der Waals surface area contributed by atoms with E-state index >= 15 is 0 Å². The normalized spacial score (nSPS) is 20.4. The molecule has 1 N–H and O–H groups in total. The number of likely N-dealkylation sites (tertiary alicyclic amines) is 1. The van der Waals surface area contributed by atoms with Crippen molar-refractivity contribution in [3.05, 3.63) is 16.1 Å². The fourth-order valence-electron chi connectivity index (χ4n) is 2.57. The van der Waals surface area contributed by atoms with E-state index in [2.05, 4.69) is 31.1 Å². The summed E-state index contributed by atoms with van der Waals surface area (Å²) in [5.74, 6) is -0.149. The molecule has 1 saturated heterocycles. The standard InChI is InChI=1S/C15H24N2O2S/c1-15(2,3)14-16-12(10-20-14)9-17-7-6-11(8-17)4-5-13(18)19/h10-11H,4-9H2,1-3H3,(H,18,19). The number of aliphatic carboxylic acids is 1. The molecule has 2 heterocycles. The van der Waals surface area contributed by atoms with Crippen molar-refractivity contribution in [2.45, 2.75) is 52.0 Å². The maximum Gasteiger partial charge on any atom is 0.303 e. The number of hydrogen-bond donors (Lipinski definition) is 1. The van der Waals surface area contributed by atoms with Crippen LogP contribution >= 0.6 is 11.3 Å². The molecule has 4 nitrogen and oxygen atoms in total. The maximum absolute atomic E-state index is 10.6. The molecule has 0 aliphatic carbocycles. The minimum atomic E-state index is -0.683. The lowest BCUT2D eigenvalue weighted by Gasteiger charge is -2.15. The quantitative estimate of drug-likeness (QED) is 0.907. The summed E-state index contributed by atoms with van der Waals surface area (Å²) in [4.78, 5) is 17.7. The Hall–Kier alpha value is -0.940. The molecule has 5 heteroatoms. The van der Waals surface area contributed by atoms with Crippen LogP contribution in [-0.2, 0) is 16.8 Å². The first kappa shape index (κ1) is 15.4. The molecule has 0 aromatic carbocycles. The zero-order valence-electron chi connectivity index (χ0n) is 12.6. The molecule has 1 aliphatic rings. The van der Waals surface area contributed by atoms with Gasteiger partial charge in [-0.3, -0.25) is 9.69 Å². The average Bonchev–Trinajstić information content (AvgIpc) is 2.95. The highest BCUT2D eigenvalue weighted by molar-refractivity contribution is 7.09. The van der Waals surface area contributed by atoms with Crippen LogP contribution in [0.3, 0.4) is 0 Å². The van der Waals surface area contributed by atoms with Gasteiger partial charge in [-0.05, 0) is 25.3 Å². The second-order valence-electron chi connectivity index (χ2n) is 6.72. The second-order valence-corrected chi connectivity index (χ2v) is 7.57. The van der Waals surface area contributed by atoms with E-state index in [0.29, 0.717) is 12.3 Å². The third-order valence-electron chi connectivity index (χ3n) is 3.72. The van der Waals surface area contributed by atoms with Crippen LogP contribution in [0.25, 0.3) is 0 Å². The molecule has 20 heavy (non-hydrogen) atoms. The number of thiazole rings is 1. The molecular weight excluding hydrogens is 272 g/mol. The fraction of sp³-hybridized carbons (Fsp3) is 0.733.